The first-order valence-corrected chi connectivity index (χ1v) is 11.7. The quantitative estimate of drug-likeness (QED) is 0.170. The number of rotatable bonds is 12. The second-order valence-corrected chi connectivity index (χ2v) is 9.24. The molecule has 0 saturated heterocycles. The molecule has 0 aliphatic rings. The van der Waals surface area contributed by atoms with Crippen LogP contribution in [0.3, 0.4) is 0 Å². The van der Waals surface area contributed by atoms with Crippen LogP contribution in [-0.2, 0) is 17.1 Å². The average molecular weight is 444 g/mol. The molecule has 0 aliphatic carbocycles. The van der Waals surface area contributed by atoms with Crippen LogP contribution < -0.4 is 0 Å². The van der Waals surface area contributed by atoms with Crippen LogP contribution in [0.1, 0.15) is 91.9 Å². The summed E-state index contributed by atoms with van der Waals surface area (Å²) in [7, 11) is 0. The molecule has 0 fully saturated rings. The Balaban J connectivity index is -0.000000333. The molecule has 0 nitrogen and oxygen atoms in total. The third-order valence-corrected chi connectivity index (χ3v) is 6.14. The maximum Gasteiger partial charge on any atom is 2.00 e. The van der Waals surface area contributed by atoms with Gasteiger partial charge in [-0.2, -0.15) is 0 Å². The monoisotopic (exact) mass is 443 g/mol. The van der Waals surface area contributed by atoms with Gasteiger partial charge in [-0.3, -0.25) is 0 Å². The summed E-state index contributed by atoms with van der Waals surface area (Å²) in [5, 5.41) is 0. The minimum Gasteiger partial charge on any atom is -0.119 e. The molecular weight excluding hydrogens is 408 g/mol. The van der Waals surface area contributed by atoms with Crippen molar-refractivity contribution in [2.45, 2.75) is 91.9 Å². The number of hydrogen-bond acceptors (Lipinski definition) is 4. The van der Waals surface area contributed by atoms with Crippen molar-refractivity contribution in [2.24, 2.45) is 0 Å². The molecule has 1 radical (unpaired) electrons. The van der Waals surface area contributed by atoms with Crippen LogP contribution in [0.25, 0.3) is 0 Å². The minimum absolute atomic E-state index is 0. The van der Waals surface area contributed by atoms with Crippen molar-refractivity contribution >= 4 is 56.4 Å². The van der Waals surface area contributed by atoms with Crippen molar-refractivity contribution in [1.82, 2.24) is 0 Å². The second kappa shape index (κ2) is 25.6. The van der Waals surface area contributed by atoms with E-state index >= 15 is 0 Å². The van der Waals surface area contributed by atoms with Crippen LogP contribution >= 0.6 is 48.0 Å². The van der Waals surface area contributed by atoms with E-state index in [0.717, 1.165) is 12.8 Å². The molecule has 0 N–H and O–H groups in total. The van der Waals surface area contributed by atoms with Gasteiger partial charge in [0.1, 0.15) is 0 Å². The summed E-state index contributed by atoms with van der Waals surface area (Å²) in [6.07, 6.45) is 12.5. The van der Waals surface area contributed by atoms with Gasteiger partial charge in [0.25, 0.3) is 0 Å². The zero-order valence-corrected chi connectivity index (χ0v) is 19.6. The van der Waals surface area contributed by atoms with Crippen molar-refractivity contribution in [3.05, 3.63) is 0 Å². The summed E-state index contributed by atoms with van der Waals surface area (Å²) in [4.78, 5) is 0. The molecule has 0 spiro atoms. The van der Waals surface area contributed by atoms with E-state index in [1.807, 2.05) is 23.5 Å². The van der Waals surface area contributed by atoms with Gasteiger partial charge in [0.05, 0.1) is 0 Å². The van der Waals surface area contributed by atoms with Crippen molar-refractivity contribution < 1.29 is 17.1 Å². The Morgan fingerprint density at radius 3 is 1.17 bits per heavy atom. The molecule has 0 aliphatic heterocycles. The Labute approximate surface area is 176 Å². The van der Waals surface area contributed by atoms with Crippen molar-refractivity contribution in [1.29, 1.82) is 0 Å². The van der Waals surface area contributed by atoms with Gasteiger partial charge in [-0.15, -0.1) is 23.5 Å². The topological polar surface area (TPSA) is 0 Å². The van der Waals surface area contributed by atoms with Gasteiger partial charge in [-0.05, 0) is 50.0 Å². The summed E-state index contributed by atoms with van der Waals surface area (Å²) in [5.74, 6) is 2.44. The maximum atomic E-state index is 5.20. The Morgan fingerprint density at radius 2 is 0.913 bits per heavy atom. The molecule has 141 valence electrons. The smallest absolute Gasteiger partial charge is 0.119 e. The summed E-state index contributed by atoms with van der Waals surface area (Å²) in [5.41, 5.74) is 0. The first kappa shape index (κ1) is 29.2. The molecule has 0 aromatic heterocycles. The van der Waals surface area contributed by atoms with Crippen LogP contribution in [0.5, 0.6) is 0 Å². The Hall–Kier alpha value is 1.40. The SMILES string of the molecule is CCCCSC(=S)CCCC.CCCCSC(=S)CCCC.[Cu+2]. The van der Waals surface area contributed by atoms with Gasteiger partial charge in [0.15, 0.2) is 0 Å². The van der Waals surface area contributed by atoms with E-state index in [0.29, 0.717) is 0 Å². The summed E-state index contributed by atoms with van der Waals surface area (Å²) in [6, 6.07) is 0. The number of thiocarbonyl (C=S) groups is 2. The van der Waals surface area contributed by atoms with Gasteiger partial charge >= 0.3 is 17.1 Å². The zero-order chi connectivity index (χ0) is 17.1. The predicted molar refractivity (Wildman–Crippen MR) is 119 cm³/mol. The molecule has 5 heteroatoms. The molecule has 0 atom stereocenters. The fourth-order valence-corrected chi connectivity index (χ4v) is 4.13. The van der Waals surface area contributed by atoms with Gasteiger partial charge in [0, 0.05) is 8.39 Å². The fourth-order valence-electron chi connectivity index (χ4n) is 1.45. The Bertz CT molecular complexity index is 231. The first-order chi connectivity index (χ1) is 10.6. The fraction of sp³-hybridized carbons (Fsp3) is 0.889. The maximum absolute atomic E-state index is 5.20. The van der Waals surface area contributed by atoms with Crippen molar-refractivity contribution in [2.75, 3.05) is 11.5 Å². The zero-order valence-electron chi connectivity index (χ0n) is 15.4. The standard InChI is InChI=1S/2C9H18S2.Cu/c2*1-3-5-7-9(10)11-8-6-4-2;/h2*3-8H2,1-2H3;/q;;+2. The van der Waals surface area contributed by atoms with Gasteiger partial charge < -0.3 is 0 Å². The van der Waals surface area contributed by atoms with E-state index < -0.39 is 0 Å². The molecule has 0 unspecified atom stereocenters. The predicted octanol–water partition coefficient (Wildman–Crippen LogP) is 8.07. The third-order valence-electron chi connectivity index (χ3n) is 2.99. The van der Waals surface area contributed by atoms with Gasteiger partial charge in [0.2, 0.25) is 0 Å². The molecule has 0 amide bonds. The average Bonchev–Trinajstić information content (AvgIpc) is 2.52. The Morgan fingerprint density at radius 1 is 0.609 bits per heavy atom. The molecule has 0 aromatic rings. The Kier molecular flexibility index (Phi) is 32.5. The van der Waals surface area contributed by atoms with Crippen LogP contribution in [0.2, 0.25) is 0 Å². The van der Waals surface area contributed by atoms with E-state index in [4.69, 9.17) is 24.4 Å². The molecule has 0 bridgehead atoms. The summed E-state index contributed by atoms with van der Waals surface area (Å²) in [6.45, 7) is 8.85. The molecule has 0 heterocycles. The van der Waals surface area contributed by atoms with E-state index in [1.54, 1.807) is 0 Å². The number of hydrogen-bond donors (Lipinski definition) is 0. The summed E-state index contributed by atoms with van der Waals surface area (Å²) >= 11 is 14.1. The molecule has 23 heavy (non-hydrogen) atoms. The molecular formula is C18H36CuS4+2. The van der Waals surface area contributed by atoms with E-state index in [2.05, 4.69) is 27.7 Å². The van der Waals surface area contributed by atoms with Crippen LogP contribution in [0.4, 0.5) is 0 Å². The van der Waals surface area contributed by atoms with E-state index in [-0.39, 0.29) is 17.1 Å². The molecule has 0 aromatic carbocycles. The summed E-state index contributed by atoms with van der Waals surface area (Å²) < 4.78 is 2.42. The second-order valence-electron chi connectivity index (χ2n) is 5.36. The van der Waals surface area contributed by atoms with Gasteiger partial charge in [-0.25, -0.2) is 0 Å². The molecule has 0 saturated carbocycles. The van der Waals surface area contributed by atoms with Crippen molar-refractivity contribution in [3.63, 3.8) is 0 Å². The minimum atomic E-state index is 0. The molecule has 0 rings (SSSR count). The van der Waals surface area contributed by atoms with Gasteiger partial charge in [-0.1, -0.05) is 77.8 Å². The van der Waals surface area contributed by atoms with E-state index in [1.165, 1.54) is 71.3 Å². The van der Waals surface area contributed by atoms with E-state index in [9.17, 15) is 0 Å². The number of unbranched alkanes of at least 4 members (excludes halogenated alkanes) is 4. The van der Waals surface area contributed by atoms with Crippen molar-refractivity contribution in [3.8, 4) is 0 Å². The largest absolute Gasteiger partial charge is 2.00 e. The number of thioether (sulfide) groups is 2. The first-order valence-electron chi connectivity index (χ1n) is 8.93. The normalized spacial score (nSPS) is 9.57. The van der Waals surface area contributed by atoms with Crippen LogP contribution in [0.15, 0.2) is 0 Å². The third kappa shape index (κ3) is 28.5. The van der Waals surface area contributed by atoms with Crippen LogP contribution in [0, 0.1) is 0 Å². The van der Waals surface area contributed by atoms with Crippen LogP contribution in [-0.4, -0.2) is 19.9 Å².